The minimum atomic E-state index is 0.0605. The highest BCUT2D eigenvalue weighted by Crippen LogP contribution is 2.35. The first-order valence-electron chi connectivity index (χ1n) is 8.65. The number of aliphatic hydroxyl groups excluding tert-OH is 1. The van der Waals surface area contributed by atoms with Gasteiger partial charge >= 0.3 is 0 Å². The fraction of sp³-hybridized carbons (Fsp3) is 0.222. The van der Waals surface area contributed by atoms with Crippen LogP contribution >= 0.6 is 0 Å². The number of hydrogen-bond donors (Lipinski definition) is 2. The molecular formula is C18H17N7O2. The van der Waals surface area contributed by atoms with Gasteiger partial charge in [0, 0.05) is 11.9 Å². The van der Waals surface area contributed by atoms with Crippen LogP contribution in [0.5, 0.6) is 5.75 Å². The normalized spacial score (nSPS) is 13.7. The molecule has 3 aromatic heterocycles. The number of benzene rings is 1. The molecule has 0 spiro atoms. The number of β-amino-alcohol motifs (C(OH)–C–C–N with tert-alkyl or cyclic N) is 1. The molecule has 9 heteroatoms. The molecule has 0 atom stereocenters. The molecule has 0 unspecified atom stereocenters. The van der Waals surface area contributed by atoms with Gasteiger partial charge in [-0.2, -0.15) is 9.61 Å². The molecule has 9 nitrogen and oxygen atoms in total. The van der Waals surface area contributed by atoms with E-state index in [4.69, 9.17) is 10.5 Å². The molecule has 1 aliphatic rings. The second-order valence-electron chi connectivity index (χ2n) is 6.29. The van der Waals surface area contributed by atoms with Crippen molar-refractivity contribution in [3.8, 4) is 17.3 Å². The number of aromatic nitrogens is 5. The second kappa shape index (κ2) is 6.06. The summed E-state index contributed by atoms with van der Waals surface area (Å²) >= 11 is 0. The quantitative estimate of drug-likeness (QED) is 0.520. The van der Waals surface area contributed by atoms with Gasteiger partial charge in [0.2, 0.25) is 11.5 Å². The fourth-order valence-electron chi connectivity index (χ4n) is 3.37. The molecule has 0 saturated carbocycles. The number of aliphatic hydroxyl groups is 1. The second-order valence-corrected chi connectivity index (χ2v) is 6.29. The van der Waals surface area contributed by atoms with Crippen LogP contribution in [0.15, 0.2) is 36.5 Å². The maximum Gasteiger partial charge on any atom is 0.222 e. The van der Waals surface area contributed by atoms with Gasteiger partial charge in [0.1, 0.15) is 18.0 Å². The smallest absolute Gasteiger partial charge is 0.222 e. The van der Waals surface area contributed by atoms with Crippen molar-refractivity contribution in [2.75, 3.05) is 36.9 Å². The Hall–Kier alpha value is -3.46. The van der Waals surface area contributed by atoms with Crippen molar-refractivity contribution < 1.29 is 9.84 Å². The number of nitrogen functional groups attached to an aromatic ring is 1. The molecule has 3 N–H and O–H groups in total. The van der Waals surface area contributed by atoms with Gasteiger partial charge in [0.05, 0.1) is 30.6 Å². The van der Waals surface area contributed by atoms with E-state index in [1.54, 1.807) is 10.7 Å². The van der Waals surface area contributed by atoms with Crippen LogP contribution in [0.3, 0.4) is 0 Å². The zero-order valence-corrected chi connectivity index (χ0v) is 14.4. The lowest BCUT2D eigenvalue weighted by molar-refractivity contribution is 0.278. The molecule has 4 aromatic rings. The monoisotopic (exact) mass is 363 g/mol. The van der Waals surface area contributed by atoms with E-state index in [9.17, 15) is 5.11 Å². The van der Waals surface area contributed by atoms with Gasteiger partial charge in [-0.1, -0.05) is 18.2 Å². The number of nitrogens with two attached hydrogens (primary N) is 1. The van der Waals surface area contributed by atoms with E-state index in [0.717, 1.165) is 16.6 Å². The van der Waals surface area contributed by atoms with Crippen molar-refractivity contribution in [2.24, 2.45) is 0 Å². The van der Waals surface area contributed by atoms with Gasteiger partial charge in [-0.25, -0.2) is 4.98 Å². The summed E-state index contributed by atoms with van der Waals surface area (Å²) in [5.74, 6) is 1.13. The fourth-order valence-corrected chi connectivity index (χ4v) is 3.37. The van der Waals surface area contributed by atoms with Gasteiger partial charge in [0.25, 0.3) is 0 Å². The van der Waals surface area contributed by atoms with Crippen LogP contribution in [0, 0.1) is 0 Å². The van der Waals surface area contributed by atoms with E-state index in [1.807, 2.05) is 35.2 Å². The summed E-state index contributed by atoms with van der Waals surface area (Å²) in [5.41, 5.74) is 9.34. The van der Waals surface area contributed by atoms with Crippen molar-refractivity contribution >= 4 is 27.9 Å². The number of para-hydroxylation sites is 1. The van der Waals surface area contributed by atoms with Crippen molar-refractivity contribution in [3.63, 3.8) is 0 Å². The standard InChI is InChI=1S/C18H17N7O2/c19-12-3-1-2-11-4-5-13(21-15(11)12)17-22-23-18-16-14(10-20-25(17)18)24(6-8-26)7-9-27-16/h1-5,10,26H,6-9,19H2. The minimum absolute atomic E-state index is 0.0605. The Morgan fingerprint density at radius 1 is 1.19 bits per heavy atom. The van der Waals surface area contributed by atoms with Crippen LogP contribution in [0.4, 0.5) is 11.4 Å². The summed E-state index contributed by atoms with van der Waals surface area (Å²) in [6.07, 6.45) is 1.71. The predicted molar refractivity (Wildman–Crippen MR) is 101 cm³/mol. The molecule has 0 amide bonds. The molecule has 0 fully saturated rings. The lowest BCUT2D eigenvalue weighted by Crippen LogP contribution is -2.35. The number of pyridine rings is 1. The molecular weight excluding hydrogens is 346 g/mol. The van der Waals surface area contributed by atoms with Crippen LogP contribution in [-0.2, 0) is 0 Å². The molecule has 0 bridgehead atoms. The summed E-state index contributed by atoms with van der Waals surface area (Å²) < 4.78 is 7.44. The molecule has 27 heavy (non-hydrogen) atoms. The van der Waals surface area contributed by atoms with Crippen LogP contribution in [0.1, 0.15) is 0 Å². The Labute approximate surface area is 154 Å². The lowest BCUT2D eigenvalue weighted by Gasteiger charge is -2.30. The highest BCUT2D eigenvalue weighted by atomic mass is 16.5. The van der Waals surface area contributed by atoms with Gasteiger partial charge in [-0.05, 0) is 12.1 Å². The highest BCUT2D eigenvalue weighted by molar-refractivity contribution is 5.90. The zero-order valence-electron chi connectivity index (χ0n) is 14.4. The largest absolute Gasteiger partial charge is 0.486 e. The van der Waals surface area contributed by atoms with Crippen LogP contribution in [0.2, 0.25) is 0 Å². The zero-order chi connectivity index (χ0) is 18.4. The van der Waals surface area contributed by atoms with E-state index in [1.165, 1.54) is 0 Å². The number of ether oxygens (including phenoxy) is 1. The first-order valence-corrected chi connectivity index (χ1v) is 8.65. The average Bonchev–Trinajstić information content (AvgIpc) is 3.13. The van der Waals surface area contributed by atoms with E-state index in [0.29, 0.717) is 48.3 Å². The number of nitrogens with zero attached hydrogens (tertiary/aromatic N) is 6. The first kappa shape index (κ1) is 15.8. The lowest BCUT2D eigenvalue weighted by atomic mass is 10.1. The summed E-state index contributed by atoms with van der Waals surface area (Å²) in [7, 11) is 0. The van der Waals surface area contributed by atoms with Gasteiger partial charge in [-0.3, -0.25) is 0 Å². The molecule has 4 heterocycles. The maximum absolute atomic E-state index is 9.26. The highest BCUT2D eigenvalue weighted by Gasteiger charge is 2.24. The van der Waals surface area contributed by atoms with Crippen LogP contribution < -0.4 is 15.4 Å². The molecule has 5 rings (SSSR count). The van der Waals surface area contributed by atoms with Gasteiger partial charge in [0.15, 0.2) is 5.75 Å². The summed E-state index contributed by atoms with van der Waals surface area (Å²) in [6.45, 7) is 1.78. The van der Waals surface area contributed by atoms with Crippen molar-refractivity contribution in [1.82, 2.24) is 24.8 Å². The van der Waals surface area contributed by atoms with Gasteiger partial charge in [-0.15, -0.1) is 10.2 Å². The third-order valence-electron chi connectivity index (χ3n) is 4.67. The predicted octanol–water partition coefficient (Wildman–Crippen LogP) is 1.11. The Morgan fingerprint density at radius 2 is 2.11 bits per heavy atom. The van der Waals surface area contributed by atoms with E-state index < -0.39 is 0 Å². The number of hydrogen-bond acceptors (Lipinski definition) is 8. The van der Waals surface area contributed by atoms with Crippen molar-refractivity contribution in [3.05, 3.63) is 36.5 Å². The van der Waals surface area contributed by atoms with Crippen molar-refractivity contribution in [1.29, 1.82) is 0 Å². The SMILES string of the molecule is Nc1cccc2ccc(-c3nnc4c5c(cnn34)N(CCO)CCO5)nc12. The molecule has 136 valence electrons. The van der Waals surface area contributed by atoms with Gasteiger partial charge < -0.3 is 20.5 Å². The summed E-state index contributed by atoms with van der Waals surface area (Å²) in [6, 6.07) is 9.50. The van der Waals surface area contributed by atoms with Crippen LogP contribution in [-0.4, -0.2) is 56.2 Å². The van der Waals surface area contributed by atoms with Crippen molar-refractivity contribution in [2.45, 2.75) is 0 Å². The Bertz CT molecular complexity index is 1160. The topological polar surface area (TPSA) is 115 Å². The third-order valence-corrected chi connectivity index (χ3v) is 4.67. The minimum Gasteiger partial charge on any atom is -0.486 e. The third kappa shape index (κ3) is 2.43. The number of fused-ring (bicyclic) bond motifs is 4. The first-order chi connectivity index (χ1) is 13.3. The molecule has 0 saturated heterocycles. The molecule has 0 radical (unpaired) electrons. The van der Waals surface area contributed by atoms with E-state index in [-0.39, 0.29) is 6.61 Å². The maximum atomic E-state index is 9.26. The molecule has 0 aliphatic carbocycles. The summed E-state index contributed by atoms with van der Waals surface area (Å²) in [4.78, 5) is 6.67. The van der Waals surface area contributed by atoms with E-state index in [2.05, 4.69) is 20.3 Å². The van der Waals surface area contributed by atoms with E-state index >= 15 is 0 Å². The summed E-state index contributed by atoms with van der Waals surface area (Å²) in [5, 5.41) is 23.3. The molecule has 1 aliphatic heterocycles. The number of anilines is 2. The Morgan fingerprint density at radius 3 is 3.00 bits per heavy atom. The Balaban J connectivity index is 1.66. The Kier molecular flexibility index (Phi) is 3.54. The average molecular weight is 363 g/mol. The molecule has 1 aromatic carbocycles. The van der Waals surface area contributed by atoms with Crippen LogP contribution in [0.25, 0.3) is 28.1 Å². The number of rotatable bonds is 3.